The molecule has 0 aliphatic rings. The van der Waals surface area contributed by atoms with Gasteiger partial charge in [-0.15, -0.1) is 0 Å². The van der Waals surface area contributed by atoms with E-state index in [2.05, 4.69) is 16.9 Å². The number of Topliss-reactive ketones (excluding diaryl/α,β-unsaturated/α-hetero) is 1. The maximum Gasteiger partial charge on any atom is 0.332 e. The van der Waals surface area contributed by atoms with Crippen molar-refractivity contribution < 1.29 is 4.79 Å². The fraction of sp³-hybridized carbons (Fsp3) is 0.632. The first-order valence-electron chi connectivity index (χ1n) is 9.53. The maximum absolute atomic E-state index is 12.8. The number of carbonyl (C=O) groups excluding carboxylic acids is 1. The summed E-state index contributed by atoms with van der Waals surface area (Å²) in [5, 5.41) is 0.820. The number of aromatic nitrogens is 4. The van der Waals surface area contributed by atoms with Crippen LogP contribution in [0.25, 0.3) is 11.0 Å². The lowest BCUT2D eigenvalue weighted by atomic mass is 10.1. The number of aryl methyl sites for hydroxylation is 2. The molecule has 0 spiro atoms. The van der Waals surface area contributed by atoms with Gasteiger partial charge in [-0.3, -0.25) is 18.7 Å². The van der Waals surface area contributed by atoms with Crippen molar-refractivity contribution in [2.45, 2.75) is 70.9 Å². The maximum atomic E-state index is 12.8. The minimum absolute atomic E-state index is 0.00922. The summed E-state index contributed by atoms with van der Waals surface area (Å²) in [7, 11) is 1.47. The molecule has 2 aromatic heterocycles. The van der Waals surface area contributed by atoms with Gasteiger partial charge in [0.15, 0.2) is 5.65 Å². The molecule has 0 saturated carbocycles. The summed E-state index contributed by atoms with van der Waals surface area (Å²) in [6, 6.07) is 0. The molecular formula is C19H28N4O3S. The Hall–Kier alpha value is -1.96. The Morgan fingerprint density at radius 3 is 2.44 bits per heavy atom. The van der Waals surface area contributed by atoms with Crippen molar-refractivity contribution in [1.29, 1.82) is 0 Å². The first-order chi connectivity index (χ1) is 12.9. The summed E-state index contributed by atoms with van der Waals surface area (Å²) in [5.41, 5.74) is -0.394. The van der Waals surface area contributed by atoms with E-state index in [9.17, 15) is 14.4 Å². The Kier molecular flexibility index (Phi) is 7.77. The van der Waals surface area contributed by atoms with Crippen LogP contribution in [-0.4, -0.2) is 30.6 Å². The van der Waals surface area contributed by atoms with Gasteiger partial charge in [0.25, 0.3) is 5.56 Å². The van der Waals surface area contributed by atoms with Crippen molar-refractivity contribution in [1.82, 2.24) is 19.1 Å². The summed E-state index contributed by atoms with van der Waals surface area (Å²) in [6.07, 6.45) is 5.79. The van der Waals surface area contributed by atoms with Gasteiger partial charge in [-0.25, -0.2) is 14.8 Å². The molecule has 2 heterocycles. The number of nitrogens with zero attached hydrogens (tertiary/aromatic N) is 4. The standard InChI is InChI=1S/C19H28N4O3S/c1-5-7-8-9-10-14-20-16-15(17(21-14)27-12-13(3)24)18(25)22(4)19(26)23(16)11-6-2/h5-12H2,1-4H3. The van der Waals surface area contributed by atoms with Gasteiger partial charge in [0.1, 0.15) is 22.0 Å². The number of hydrogen-bond donors (Lipinski definition) is 0. The Balaban J connectivity index is 2.64. The van der Waals surface area contributed by atoms with E-state index in [1.165, 1.54) is 25.7 Å². The van der Waals surface area contributed by atoms with Crippen LogP contribution in [0.4, 0.5) is 0 Å². The van der Waals surface area contributed by atoms with Crippen LogP contribution in [0.5, 0.6) is 0 Å². The van der Waals surface area contributed by atoms with Crippen molar-refractivity contribution in [3.05, 3.63) is 26.7 Å². The summed E-state index contributed by atoms with van der Waals surface area (Å²) in [5.74, 6) is 0.870. The van der Waals surface area contributed by atoms with E-state index in [0.717, 1.165) is 36.7 Å². The SMILES string of the molecule is CCCCCCc1nc(SCC(C)=O)c2c(=O)n(C)c(=O)n(CCC)c2n1. The van der Waals surface area contributed by atoms with E-state index in [1.54, 1.807) is 4.57 Å². The average molecular weight is 393 g/mol. The van der Waals surface area contributed by atoms with Gasteiger partial charge >= 0.3 is 5.69 Å². The van der Waals surface area contributed by atoms with E-state index >= 15 is 0 Å². The van der Waals surface area contributed by atoms with Crippen LogP contribution in [0.2, 0.25) is 0 Å². The molecule has 0 radical (unpaired) electrons. The summed E-state index contributed by atoms with van der Waals surface area (Å²) in [6.45, 7) is 6.11. The molecule has 0 aliphatic carbocycles. The second-order valence-corrected chi connectivity index (χ2v) is 7.71. The van der Waals surface area contributed by atoms with Gasteiger partial charge in [-0.1, -0.05) is 44.9 Å². The highest BCUT2D eigenvalue weighted by molar-refractivity contribution is 8.00. The molecule has 0 fully saturated rings. The normalized spacial score (nSPS) is 11.3. The molecule has 27 heavy (non-hydrogen) atoms. The molecule has 2 rings (SSSR count). The second-order valence-electron chi connectivity index (χ2n) is 6.74. The van der Waals surface area contributed by atoms with Crippen molar-refractivity contribution in [2.24, 2.45) is 7.05 Å². The number of fused-ring (bicyclic) bond motifs is 1. The van der Waals surface area contributed by atoms with E-state index in [0.29, 0.717) is 34.8 Å². The molecule has 0 saturated heterocycles. The molecule has 0 atom stereocenters. The number of ketones is 1. The van der Waals surface area contributed by atoms with E-state index in [1.807, 2.05) is 6.92 Å². The fourth-order valence-electron chi connectivity index (χ4n) is 2.90. The topological polar surface area (TPSA) is 86.9 Å². The predicted octanol–water partition coefficient (Wildman–Crippen LogP) is 2.70. The number of hydrogen-bond acceptors (Lipinski definition) is 6. The second kappa shape index (κ2) is 9.82. The zero-order chi connectivity index (χ0) is 20.0. The smallest absolute Gasteiger partial charge is 0.299 e. The van der Waals surface area contributed by atoms with Gasteiger partial charge in [-0.05, 0) is 19.8 Å². The predicted molar refractivity (Wildman–Crippen MR) is 109 cm³/mol. The molecular weight excluding hydrogens is 364 g/mol. The largest absolute Gasteiger partial charge is 0.332 e. The Bertz CT molecular complexity index is 933. The van der Waals surface area contributed by atoms with Crippen LogP contribution < -0.4 is 11.2 Å². The summed E-state index contributed by atoms with van der Waals surface area (Å²) < 4.78 is 2.64. The van der Waals surface area contributed by atoms with Gasteiger partial charge < -0.3 is 0 Å². The lowest BCUT2D eigenvalue weighted by Gasteiger charge is -2.13. The lowest BCUT2D eigenvalue weighted by Crippen LogP contribution is -2.39. The molecule has 0 N–H and O–H groups in total. The molecule has 148 valence electrons. The van der Waals surface area contributed by atoms with Crippen molar-refractivity contribution in [3.63, 3.8) is 0 Å². The van der Waals surface area contributed by atoms with Gasteiger partial charge in [-0.2, -0.15) is 0 Å². The number of carbonyl (C=O) groups is 1. The fourth-order valence-corrected chi connectivity index (χ4v) is 3.73. The van der Waals surface area contributed by atoms with E-state index < -0.39 is 5.56 Å². The van der Waals surface area contributed by atoms with Crippen LogP contribution in [0.1, 0.15) is 58.7 Å². The Morgan fingerprint density at radius 1 is 1.07 bits per heavy atom. The molecule has 0 bridgehead atoms. The number of rotatable bonds is 10. The minimum atomic E-state index is -0.411. The first-order valence-corrected chi connectivity index (χ1v) is 10.5. The average Bonchev–Trinajstić information content (AvgIpc) is 2.64. The third-order valence-electron chi connectivity index (χ3n) is 4.31. The van der Waals surface area contributed by atoms with Gasteiger partial charge in [0.2, 0.25) is 0 Å². The Morgan fingerprint density at radius 2 is 1.81 bits per heavy atom. The van der Waals surface area contributed by atoms with Crippen LogP contribution in [0, 0.1) is 0 Å². The molecule has 0 amide bonds. The minimum Gasteiger partial charge on any atom is -0.299 e. The quantitative estimate of drug-likeness (QED) is 0.351. The number of thioether (sulfide) groups is 1. The zero-order valence-electron chi connectivity index (χ0n) is 16.6. The van der Waals surface area contributed by atoms with Crippen molar-refractivity contribution in [3.8, 4) is 0 Å². The van der Waals surface area contributed by atoms with Crippen molar-refractivity contribution in [2.75, 3.05) is 5.75 Å². The highest BCUT2D eigenvalue weighted by Gasteiger charge is 2.18. The van der Waals surface area contributed by atoms with Gasteiger partial charge in [0.05, 0.1) is 5.75 Å². The molecule has 2 aromatic rings. The van der Waals surface area contributed by atoms with Crippen LogP contribution in [-0.2, 0) is 24.8 Å². The van der Waals surface area contributed by atoms with E-state index in [-0.39, 0.29) is 17.2 Å². The lowest BCUT2D eigenvalue weighted by molar-refractivity contribution is -0.114. The van der Waals surface area contributed by atoms with Gasteiger partial charge in [0, 0.05) is 20.0 Å². The number of unbranched alkanes of at least 4 members (excludes halogenated alkanes) is 3. The molecule has 7 nitrogen and oxygen atoms in total. The Labute approximate surface area is 163 Å². The highest BCUT2D eigenvalue weighted by atomic mass is 32.2. The molecule has 0 unspecified atom stereocenters. The van der Waals surface area contributed by atoms with Crippen LogP contribution in [0.3, 0.4) is 0 Å². The molecule has 0 aliphatic heterocycles. The highest BCUT2D eigenvalue weighted by Crippen LogP contribution is 2.23. The van der Waals surface area contributed by atoms with Crippen LogP contribution >= 0.6 is 11.8 Å². The zero-order valence-corrected chi connectivity index (χ0v) is 17.4. The van der Waals surface area contributed by atoms with Crippen molar-refractivity contribution >= 4 is 28.6 Å². The third kappa shape index (κ3) is 5.06. The monoisotopic (exact) mass is 392 g/mol. The van der Waals surface area contributed by atoms with Crippen LogP contribution in [0.15, 0.2) is 14.6 Å². The summed E-state index contributed by atoms with van der Waals surface area (Å²) >= 11 is 1.24. The summed E-state index contributed by atoms with van der Waals surface area (Å²) in [4.78, 5) is 46.0. The third-order valence-corrected chi connectivity index (χ3v) is 5.43. The molecule has 8 heteroatoms. The molecule has 0 aromatic carbocycles. The van der Waals surface area contributed by atoms with E-state index in [4.69, 9.17) is 0 Å². The first kappa shape index (κ1) is 21.3.